The van der Waals surface area contributed by atoms with Gasteiger partial charge in [0.1, 0.15) is 0 Å². The van der Waals surface area contributed by atoms with E-state index < -0.39 is 0 Å². The second-order valence-electron chi connectivity index (χ2n) is 9.18. The molecule has 0 atom stereocenters. The van der Waals surface area contributed by atoms with Gasteiger partial charge in [0.2, 0.25) is 11.9 Å². The number of hydrogen-bond acceptors (Lipinski definition) is 6. The van der Waals surface area contributed by atoms with Crippen molar-refractivity contribution < 1.29 is 4.79 Å². The number of amides is 1. The van der Waals surface area contributed by atoms with Crippen LogP contribution in [0.25, 0.3) is 5.69 Å². The first-order chi connectivity index (χ1) is 16.6. The monoisotopic (exact) mass is 476 g/mol. The number of hydrogen-bond donors (Lipinski definition) is 1. The molecule has 1 N–H and O–H groups in total. The Morgan fingerprint density at radius 1 is 0.882 bits per heavy atom. The molecule has 2 aliphatic heterocycles. The zero-order chi connectivity index (χ0) is 23.5. The van der Waals surface area contributed by atoms with Crippen LogP contribution in [0.2, 0.25) is 0 Å². The number of aryl methyl sites for hydroxylation is 2. The maximum absolute atomic E-state index is 12.8. The summed E-state index contributed by atoms with van der Waals surface area (Å²) in [5.41, 5.74) is 5.42. The summed E-state index contributed by atoms with van der Waals surface area (Å²) in [4.78, 5) is 17.5. The highest BCUT2D eigenvalue weighted by Gasteiger charge is 2.23. The number of carbonyl (C=O) groups excluding carboxylic acids is 1. The van der Waals surface area contributed by atoms with Crippen molar-refractivity contribution >= 4 is 35.0 Å². The van der Waals surface area contributed by atoms with Crippen molar-refractivity contribution in [2.45, 2.75) is 44.7 Å². The molecule has 0 spiro atoms. The van der Waals surface area contributed by atoms with E-state index >= 15 is 0 Å². The molecule has 3 heterocycles. The van der Waals surface area contributed by atoms with Crippen LogP contribution in [0, 0.1) is 13.8 Å². The summed E-state index contributed by atoms with van der Waals surface area (Å²) in [7, 11) is 0. The number of aromatic nitrogens is 3. The van der Waals surface area contributed by atoms with E-state index in [9.17, 15) is 4.79 Å². The molecule has 8 heteroatoms. The zero-order valence-electron chi connectivity index (χ0n) is 20.0. The van der Waals surface area contributed by atoms with Gasteiger partial charge < -0.3 is 15.1 Å². The highest BCUT2D eigenvalue weighted by atomic mass is 32.2. The second kappa shape index (κ2) is 10.1. The summed E-state index contributed by atoms with van der Waals surface area (Å²) in [6.45, 7) is 8.34. The summed E-state index contributed by atoms with van der Waals surface area (Å²) in [6, 6.07) is 14.7. The average molecular weight is 477 g/mol. The summed E-state index contributed by atoms with van der Waals surface area (Å²) in [6.07, 6.45) is 4.84. The molecule has 2 fully saturated rings. The van der Waals surface area contributed by atoms with Gasteiger partial charge in [0, 0.05) is 37.6 Å². The van der Waals surface area contributed by atoms with Crippen molar-refractivity contribution in [3.63, 3.8) is 0 Å². The van der Waals surface area contributed by atoms with Crippen molar-refractivity contribution in [3.8, 4) is 5.69 Å². The van der Waals surface area contributed by atoms with Gasteiger partial charge in [-0.25, -0.2) is 0 Å². The van der Waals surface area contributed by atoms with Crippen LogP contribution >= 0.6 is 11.8 Å². The SMILES string of the molecule is Cc1ccc(-n2c(SCC(=O)Nc3ccc(N4CCCC4)cc3C)nnc2N2CCCC2)cc1. The lowest BCUT2D eigenvalue weighted by Gasteiger charge is -2.19. The highest BCUT2D eigenvalue weighted by molar-refractivity contribution is 7.99. The molecule has 0 bridgehead atoms. The minimum absolute atomic E-state index is 0.0387. The molecular formula is C26H32N6OS. The van der Waals surface area contributed by atoms with Gasteiger partial charge in [0.05, 0.1) is 11.4 Å². The molecule has 0 saturated carbocycles. The number of thioether (sulfide) groups is 1. The number of anilines is 3. The van der Waals surface area contributed by atoms with E-state index in [0.717, 1.165) is 54.2 Å². The lowest BCUT2D eigenvalue weighted by Crippen LogP contribution is -2.22. The quantitative estimate of drug-likeness (QED) is 0.494. The maximum Gasteiger partial charge on any atom is 0.234 e. The van der Waals surface area contributed by atoms with Crippen LogP contribution in [0.1, 0.15) is 36.8 Å². The van der Waals surface area contributed by atoms with Gasteiger partial charge in [-0.05, 0) is 75.4 Å². The van der Waals surface area contributed by atoms with Gasteiger partial charge in [-0.15, -0.1) is 10.2 Å². The second-order valence-corrected chi connectivity index (χ2v) is 10.1. The minimum Gasteiger partial charge on any atom is -0.372 e. The smallest absolute Gasteiger partial charge is 0.234 e. The molecule has 0 aliphatic carbocycles. The van der Waals surface area contributed by atoms with Crippen LogP contribution in [-0.2, 0) is 4.79 Å². The third kappa shape index (κ3) is 4.92. The van der Waals surface area contributed by atoms with Crippen molar-refractivity contribution in [2.75, 3.05) is 47.0 Å². The largest absolute Gasteiger partial charge is 0.372 e. The standard InChI is InChI=1S/C26H32N6OS/c1-19-7-9-21(10-8-19)32-25(31-15-5-6-16-31)28-29-26(32)34-18-24(33)27-23-12-11-22(17-20(23)2)30-13-3-4-14-30/h7-12,17H,3-6,13-16,18H2,1-2H3,(H,27,33). The zero-order valence-corrected chi connectivity index (χ0v) is 20.8. The molecule has 0 radical (unpaired) electrons. The van der Waals surface area contributed by atoms with Crippen LogP contribution in [0.3, 0.4) is 0 Å². The van der Waals surface area contributed by atoms with Crippen LogP contribution in [0.15, 0.2) is 47.6 Å². The Bertz CT molecular complexity index is 1150. The van der Waals surface area contributed by atoms with Gasteiger partial charge >= 0.3 is 0 Å². The lowest BCUT2D eigenvalue weighted by atomic mass is 10.1. The van der Waals surface area contributed by atoms with Crippen molar-refractivity contribution in [3.05, 3.63) is 53.6 Å². The molecule has 1 amide bonds. The van der Waals surface area contributed by atoms with E-state index in [1.807, 2.05) is 6.07 Å². The molecule has 2 aromatic carbocycles. The number of carbonyl (C=O) groups is 1. The fourth-order valence-electron chi connectivity index (χ4n) is 4.67. The van der Waals surface area contributed by atoms with Gasteiger partial charge in [-0.3, -0.25) is 9.36 Å². The fourth-order valence-corrected chi connectivity index (χ4v) is 5.42. The van der Waals surface area contributed by atoms with Crippen LogP contribution in [0.5, 0.6) is 0 Å². The molecular weight excluding hydrogens is 444 g/mol. The summed E-state index contributed by atoms with van der Waals surface area (Å²) in [5.74, 6) is 1.10. The molecule has 178 valence electrons. The Balaban J connectivity index is 1.29. The molecule has 3 aromatic rings. The van der Waals surface area contributed by atoms with E-state index in [4.69, 9.17) is 0 Å². The Kier molecular flexibility index (Phi) is 6.76. The van der Waals surface area contributed by atoms with E-state index in [0.29, 0.717) is 0 Å². The average Bonchev–Trinajstić information content (AvgIpc) is 3.61. The Labute approximate surface area is 205 Å². The molecule has 34 heavy (non-hydrogen) atoms. The Morgan fingerprint density at radius 3 is 2.21 bits per heavy atom. The number of nitrogens with one attached hydrogen (secondary N) is 1. The Hall–Kier alpha value is -3.00. The van der Waals surface area contributed by atoms with Gasteiger partial charge in [-0.2, -0.15) is 0 Å². The number of nitrogens with zero attached hydrogens (tertiary/aromatic N) is 5. The first-order valence-electron chi connectivity index (χ1n) is 12.1. The van der Waals surface area contributed by atoms with Crippen molar-refractivity contribution in [1.82, 2.24) is 14.8 Å². The fraction of sp³-hybridized carbons (Fsp3) is 0.423. The third-order valence-corrected chi connectivity index (χ3v) is 7.51. The molecule has 2 saturated heterocycles. The molecule has 5 rings (SSSR count). The van der Waals surface area contributed by atoms with E-state index in [-0.39, 0.29) is 11.7 Å². The Morgan fingerprint density at radius 2 is 1.53 bits per heavy atom. The molecule has 1 aromatic heterocycles. The van der Waals surface area contributed by atoms with Crippen molar-refractivity contribution in [1.29, 1.82) is 0 Å². The third-order valence-electron chi connectivity index (χ3n) is 6.59. The number of benzene rings is 2. The van der Waals surface area contributed by atoms with Crippen LogP contribution in [-0.4, -0.2) is 52.6 Å². The van der Waals surface area contributed by atoms with Gasteiger partial charge in [0.25, 0.3) is 0 Å². The molecule has 2 aliphatic rings. The first-order valence-corrected chi connectivity index (χ1v) is 13.1. The van der Waals surface area contributed by atoms with Crippen molar-refractivity contribution in [2.24, 2.45) is 0 Å². The van der Waals surface area contributed by atoms with Crippen LogP contribution < -0.4 is 15.1 Å². The van der Waals surface area contributed by atoms with Crippen LogP contribution in [0.4, 0.5) is 17.3 Å². The van der Waals surface area contributed by atoms with E-state index in [1.165, 1.54) is 48.7 Å². The van der Waals surface area contributed by atoms with E-state index in [2.05, 4.69) is 80.1 Å². The van der Waals surface area contributed by atoms with E-state index in [1.54, 1.807) is 0 Å². The highest BCUT2D eigenvalue weighted by Crippen LogP contribution is 2.29. The first kappa shape index (κ1) is 22.8. The molecule has 0 unspecified atom stereocenters. The predicted octanol–water partition coefficient (Wildman–Crippen LogP) is 4.82. The number of rotatable bonds is 7. The molecule has 7 nitrogen and oxygen atoms in total. The summed E-state index contributed by atoms with van der Waals surface area (Å²) < 4.78 is 2.08. The topological polar surface area (TPSA) is 66.3 Å². The summed E-state index contributed by atoms with van der Waals surface area (Å²) >= 11 is 1.42. The lowest BCUT2D eigenvalue weighted by molar-refractivity contribution is -0.113. The van der Waals surface area contributed by atoms with Gasteiger partial charge in [0.15, 0.2) is 5.16 Å². The minimum atomic E-state index is -0.0387. The summed E-state index contributed by atoms with van der Waals surface area (Å²) in [5, 5.41) is 12.8. The van der Waals surface area contributed by atoms with Gasteiger partial charge in [-0.1, -0.05) is 29.5 Å². The maximum atomic E-state index is 12.8. The normalized spacial score (nSPS) is 15.8. The predicted molar refractivity (Wildman–Crippen MR) is 140 cm³/mol.